The van der Waals surface area contributed by atoms with Crippen molar-refractivity contribution < 1.29 is 9.13 Å². The van der Waals surface area contributed by atoms with Gasteiger partial charge in [0, 0.05) is 12.6 Å². The summed E-state index contributed by atoms with van der Waals surface area (Å²) in [7, 11) is 3.19. The quantitative estimate of drug-likeness (QED) is 0.867. The fourth-order valence-electron chi connectivity index (χ4n) is 1.81. The number of benzene rings is 1. The zero-order valence-electron chi connectivity index (χ0n) is 9.99. The van der Waals surface area contributed by atoms with E-state index >= 15 is 0 Å². The molecular weight excluding hydrogens is 221 g/mol. The molecule has 0 aliphatic heterocycles. The summed E-state index contributed by atoms with van der Waals surface area (Å²) in [6.07, 6.45) is 1.62. The van der Waals surface area contributed by atoms with Gasteiger partial charge in [0.1, 0.15) is 5.82 Å². The molecule has 1 aromatic carbocycles. The summed E-state index contributed by atoms with van der Waals surface area (Å²) in [6, 6.07) is 3.23. The van der Waals surface area contributed by atoms with Crippen LogP contribution in [-0.2, 0) is 7.05 Å². The summed E-state index contributed by atoms with van der Waals surface area (Å²) in [6.45, 7) is 1.79. The number of nitrogens with zero attached hydrogens (tertiary/aromatic N) is 2. The Bertz CT molecular complexity index is 540. The maximum atomic E-state index is 13.7. The van der Waals surface area contributed by atoms with Gasteiger partial charge >= 0.3 is 0 Å². The number of ether oxygens (including phenoxy) is 1. The first-order valence-electron chi connectivity index (χ1n) is 5.16. The molecule has 0 saturated heterocycles. The first-order valence-corrected chi connectivity index (χ1v) is 5.16. The first-order chi connectivity index (χ1) is 8.04. The van der Waals surface area contributed by atoms with Crippen LogP contribution in [0.1, 0.15) is 5.56 Å². The van der Waals surface area contributed by atoms with Crippen LogP contribution < -0.4 is 10.5 Å². The number of aryl methyl sites for hydroxylation is 2. The number of aromatic nitrogens is 2. The minimum atomic E-state index is -0.397. The van der Waals surface area contributed by atoms with Crippen LogP contribution in [-0.4, -0.2) is 16.9 Å². The third-order valence-corrected chi connectivity index (χ3v) is 2.73. The van der Waals surface area contributed by atoms with Gasteiger partial charge in [0.15, 0.2) is 11.6 Å². The van der Waals surface area contributed by atoms with Crippen molar-refractivity contribution in [2.24, 2.45) is 7.05 Å². The van der Waals surface area contributed by atoms with E-state index in [9.17, 15) is 4.39 Å². The summed E-state index contributed by atoms with van der Waals surface area (Å²) < 4.78 is 20.3. The number of nitrogens with two attached hydrogens (primary N) is 1. The zero-order valence-corrected chi connectivity index (χ0v) is 9.99. The lowest BCUT2D eigenvalue weighted by Gasteiger charge is -2.08. The highest BCUT2D eigenvalue weighted by molar-refractivity contribution is 5.74. The molecule has 0 bridgehead atoms. The summed E-state index contributed by atoms with van der Waals surface area (Å²) in [4.78, 5) is 0. The van der Waals surface area contributed by atoms with Crippen molar-refractivity contribution >= 4 is 5.82 Å². The number of hydrogen-bond donors (Lipinski definition) is 1. The smallest absolute Gasteiger partial charge is 0.165 e. The van der Waals surface area contributed by atoms with Crippen LogP contribution in [0.4, 0.5) is 10.2 Å². The van der Waals surface area contributed by atoms with Crippen molar-refractivity contribution in [3.63, 3.8) is 0 Å². The molecule has 0 aliphatic rings. The van der Waals surface area contributed by atoms with Gasteiger partial charge < -0.3 is 10.5 Å². The van der Waals surface area contributed by atoms with Gasteiger partial charge in [-0.15, -0.1) is 0 Å². The molecule has 0 fully saturated rings. The molecule has 0 spiro atoms. The molecule has 90 valence electrons. The van der Waals surface area contributed by atoms with Crippen molar-refractivity contribution in [3.05, 3.63) is 29.7 Å². The molecule has 2 N–H and O–H groups in total. The Balaban J connectivity index is 2.58. The van der Waals surface area contributed by atoms with Crippen molar-refractivity contribution in [1.82, 2.24) is 9.78 Å². The number of nitrogen functional groups attached to an aromatic ring is 1. The Kier molecular flexibility index (Phi) is 2.75. The van der Waals surface area contributed by atoms with E-state index < -0.39 is 5.82 Å². The highest BCUT2D eigenvalue weighted by Gasteiger charge is 2.13. The molecule has 17 heavy (non-hydrogen) atoms. The Labute approximate surface area is 98.8 Å². The Hall–Kier alpha value is -2.04. The van der Waals surface area contributed by atoms with E-state index in [0.717, 1.165) is 11.1 Å². The van der Waals surface area contributed by atoms with Crippen LogP contribution in [0.5, 0.6) is 5.75 Å². The molecule has 0 amide bonds. The molecule has 0 radical (unpaired) electrons. The Morgan fingerprint density at radius 3 is 2.59 bits per heavy atom. The number of hydrogen-bond acceptors (Lipinski definition) is 3. The largest absolute Gasteiger partial charge is 0.493 e. The molecule has 0 aliphatic carbocycles. The van der Waals surface area contributed by atoms with Gasteiger partial charge in [-0.2, -0.15) is 5.10 Å². The molecule has 1 heterocycles. The van der Waals surface area contributed by atoms with Crippen LogP contribution in [0.15, 0.2) is 18.3 Å². The normalized spacial score (nSPS) is 10.6. The van der Waals surface area contributed by atoms with Crippen LogP contribution in [0.3, 0.4) is 0 Å². The minimum absolute atomic E-state index is 0.260. The zero-order chi connectivity index (χ0) is 12.6. The van der Waals surface area contributed by atoms with Crippen LogP contribution in [0.25, 0.3) is 11.1 Å². The third-order valence-electron chi connectivity index (χ3n) is 2.73. The van der Waals surface area contributed by atoms with Gasteiger partial charge in [0.25, 0.3) is 0 Å². The summed E-state index contributed by atoms with van der Waals surface area (Å²) >= 11 is 0. The summed E-state index contributed by atoms with van der Waals surface area (Å²) in [5, 5.41) is 4.03. The maximum Gasteiger partial charge on any atom is 0.165 e. The number of anilines is 1. The van der Waals surface area contributed by atoms with Gasteiger partial charge in [-0.3, -0.25) is 4.68 Å². The number of halogens is 1. The second-order valence-corrected chi connectivity index (χ2v) is 3.88. The molecule has 4 nitrogen and oxygen atoms in total. The lowest BCUT2D eigenvalue weighted by atomic mass is 10.0. The Morgan fingerprint density at radius 2 is 2.12 bits per heavy atom. The maximum absolute atomic E-state index is 13.7. The predicted octanol–water partition coefficient (Wildman–Crippen LogP) is 2.13. The molecule has 0 unspecified atom stereocenters. The van der Waals surface area contributed by atoms with Gasteiger partial charge in [-0.25, -0.2) is 4.39 Å². The lowest BCUT2D eigenvalue weighted by molar-refractivity contribution is 0.383. The van der Waals surface area contributed by atoms with Crippen molar-refractivity contribution in [3.8, 4) is 16.9 Å². The summed E-state index contributed by atoms with van der Waals surface area (Å²) in [5.74, 6) is 0.371. The van der Waals surface area contributed by atoms with Gasteiger partial charge in [-0.05, 0) is 30.2 Å². The molecule has 0 atom stereocenters. The highest BCUT2D eigenvalue weighted by atomic mass is 19.1. The average molecular weight is 235 g/mol. The van der Waals surface area contributed by atoms with Crippen LogP contribution in [0, 0.1) is 12.7 Å². The molecular formula is C12H14FN3O. The summed E-state index contributed by atoms with van der Waals surface area (Å²) in [5.41, 5.74) is 8.00. The van der Waals surface area contributed by atoms with Gasteiger partial charge in [0.05, 0.1) is 13.3 Å². The van der Waals surface area contributed by atoms with E-state index in [2.05, 4.69) is 5.10 Å². The van der Waals surface area contributed by atoms with E-state index in [1.807, 2.05) is 6.07 Å². The lowest BCUT2D eigenvalue weighted by Crippen LogP contribution is -1.98. The van der Waals surface area contributed by atoms with E-state index in [1.165, 1.54) is 13.2 Å². The molecule has 2 rings (SSSR count). The standard InChI is InChI=1S/C12H14FN3O/c1-7-4-8(5-10(13)11(7)17-3)9-6-15-16(2)12(9)14/h4-6H,14H2,1-3H3. The molecule has 5 heteroatoms. The predicted molar refractivity (Wildman–Crippen MR) is 64.3 cm³/mol. The van der Waals surface area contributed by atoms with Gasteiger partial charge in [0.2, 0.25) is 0 Å². The number of rotatable bonds is 2. The van der Waals surface area contributed by atoms with Crippen LogP contribution >= 0.6 is 0 Å². The third kappa shape index (κ3) is 1.84. The highest BCUT2D eigenvalue weighted by Crippen LogP contribution is 2.31. The fourth-order valence-corrected chi connectivity index (χ4v) is 1.81. The number of methoxy groups -OCH3 is 1. The second-order valence-electron chi connectivity index (χ2n) is 3.88. The fraction of sp³-hybridized carbons (Fsp3) is 0.250. The Morgan fingerprint density at radius 1 is 1.41 bits per heavy atom. The molecule has 2 aromatic rings. The van der Waals surface area contributed by atoms with Crippen molar-refractivity contribution in [1.29, 1.82) is 0 Å². The van der Waals surface area contributed by atoms with E-state index in [-0.39, 0.29) is 5.75 Å². The van der Waals surface area contributed by atoms with Crippen LogP contribution in [0.2, 0.25) is 0 Å². The topological polar surface area (TPSA) is 53.1 Å². The SMILES string of the molecule is COc1c(C)cc(-c2cnn(C)c2N)cc1F. The van der Waals surface area contributed by atoms with Gasteiger partial charge in [-0.1, -0.05) is 0 Å². The van der Waals surface area contributed by atoms with E-state index in [1.54, 1.807) is 24.9 Å². The second kappa shape index (κ2) is 4.08. The van der Waals surface area contributed by atoms with E-state index in [0.29, 0.717) is 11.4 Å². The monoisotopic (exact) mass is 235 g/mol. The minimum Gasteiger partial charge on any atom is -0.493 e. The average Bonchev–Trinajstić information content (AvgIpc) is 2.59. The van der Waals surface area contributed by atoms with Crippen molar-refractivity contribution in [2.75, 3.05) is 12.8 Å². The molecule has 1 aromatic heterocycles. The molecule has 0 saturated carbocycles. The van der Waals surface area contributed by atoms with Crippen molar-refractivity contribution in [2.45, 2.75) is 6.92 Å². The first kappa shape index (κ1) is 11.4. The van der Waals surface area contributed by atoms with E-state index in [4.69, 9.17) is 10.5 Å².